The summed E-state index contributed by atoms with van der Waals surface area (Å²) in [4.78, 5) is 62.7. The van der Waals surface area contributed by atoms with Crippen molar-refractivity contribution in [2.45, 2.75) is 55.9 Å². The van der Waals surface area contributed by atoms with E-state index in [1.54, 1.807) is 4.90 Å². The first-order valence-electron chi connectivity index (χ1n) is 19.7. The number of fused-ring (bicyclic) bond motifs is 1. The lowest BCUT2D eigenvalue weighted by Gasteiger charge is -2.30. The van der Waals surface area contributed by atoms with E-state index in [0.717, 1.165) is 70.6 Å². The zero-order valence-electron chi connectivity index (χ0n) is 32.6. The monoisotopic (exact) mass is 784 g/mol. The van der Waals surface area contributed by atoms with Crippen LogP contribution in [-0.4, -0.2) is 90.2 Å². The molecule has 300 valence electrons. The van der Waals surface area contributed by atoms with Crippen molar-refractivity contribution < 1.29 is 28.7 Å². The van der Waals surface area contributed by atoms with Crippen LogP contribution in [0.25, 0.3) is 22.2 Å². The molecule has 5 aromatic rings. The normalized spacial score (nSPS) is 20.1. The lowest BCUT2D eigenvalue weighted by Crippen LogP contribution is -2.48. The van der Waals surface area contributed by atoms with Crippen molar-refractivity contribution in [2.75, 3.05) is 40.6 Å². The first kappa shape index (κ1) is 38.8. The van der Waals surface area contributed by atoms with Gasteiger partial charge in [-0.25, -0.2) is 9.78 Å². The lowest BCUT2D eigenvalue weighted by molar-refractivity contribution is -0.144. The molecule has 3 aliphatic heterocycles. The molecule has 14 heteroatoms. The van der Waals surface area contributed by atoms with Crippen LogP contribution in [0, 0.1) is 0 Å². The Kier molecular flexibility index (Phi) is 11.8. The maximum Gasteiger partial charge on any atom is 0.407 e. The summed E-state index contributed by atoms with van der Waals surface area (Å²) in [6.07, 6.45) is 2.63. The van der Waals surface area contributed by atoms with Crippen LogP contribution in [0.2, 0.25) is 0 Å². The Morgan fingerprint density at radius 2 is 1.43 bits per heavy atom. The lowest BCUT2D eigenvalue weighted by atomic mass is 10.0. The smallest absolute Gasteiger partial charge is 0.407 e. The molecule has 3 amide bonds. The molecule has 0 bridgehead atoms. The summed E-state index contributed by atoms with van der Waals surface area (Å²) in [5.74, 6) is 1.28. The van der Waals surface area contributed by atoms with Gasteiger partial charge < -0.3 is 34.9 Å². The van der Waals surface area contributed by atoms with Gasteiger partial charge in [-0.15, -0.1) is 0 Å². The van der Waals surface area contributed by atoms with Gasteiger partial charge in [-0.2, -0.15) is 5.48 Å². The molecule has 3 aliphatic rings. The van der Waals surface area contributed by atoms with E-state index in [1.807, 2.05) is 71.6 Å². The Hall–Kier alpha value is -6.09. The number of likely N-dealkylation sites (tertiary alicyclic amines) is 2. The number of H-pyrrole nitrogens is 1. The SMILES string of the molecule is COCON[C@@H](C(=O)N1CCC[C@H]1C1=NCC(c2ccc(-c3ccc4nc([C@@H]5CCCN5C(=O)[C@H](NC(=O)OC)c5ccccc5)[nH]c4c3)cc2)N1)c1ccccc1. The number of hydrogen-bond acceptors (Lipinski definition) is 10. The van der Waals surface area contributed by atoms with E-state index in [-0.39, 0.29) is 36.7 Å². The molecule has 4 heterocycles. The fourth-order valence-corrected chi connectivity index (χ4v) is 8.28. The zero-order valence-corrected chi connectivity index (χ0v) is 32.6. The molecule has 4 N–H and O–H groups in total. The van der Waals surface area contributed by atoms with Crippen molar-refractivity contribution in [1.29, 1.82) is 0 Å². The molecule has 2 fully saturated rings. The number of aromatic nitrogens is 2. The van der Waals surface area contributed by atoms with Gasteiger partial charge in [0.1, 0.15) is 23.7 Å². The number of benzene rings is 4. The number of carbonyl (C=O) groups is 3. The summed E-state index contributed by atoms with van der Waals surface area (Å²) >= 11 is 0. The number of amides is 3. The highest BCUT2D eigenvalue weighted by atomic mass is 16.7. The molecular weight excluding hydrogens is 737 g/mol. The molecule has 0 radical (unpaired) electrons. The molecule has 0 aliphatic carbocycles. The molecule has 5 atom stereocenters. The largest absolute Gasteiger partial charge is 0.453 e. The summed E-state index contributed by atoms with van der Waals surface area (Å²) in [5, 5.41) is 6.36. The van der Waals surface area contributed by atoms with E-state index >= 15 is 0 Å². The van der Waals surface area contributed by atoms with Crippen LogP contribution in [0.4, 0.5) is 4.79 Å². The van der Waals surface area contributed by atoms with E-state index < -0.39 is 18.2 Å². The summed E-state index contributed by atoms with van der Waals surface area (Å²) < 4.78 is 9.87. The van der Waals surface area contributed by atoms with Gasteiger partial charge in [0.25, 0.3) is 5.91 Å². The first-order chi connectivity index (χ1) is 28.4. The minimum absolute atomic E-state index is 0.00583. The fraction of sp³-hybridized carbons (Fsp3) is 0.341. The van der Waals surface area contributed by atoms with Gasteiger partial charge in [-0.1, -0.05) is 91.0 Å². The van der Waals surface area contributed by atoms with Crippen LogP contribution in [0.5, 0.6) is 0 Å². The zero-order chi connectivity index (χ0) is 40.0. The third-order valence-corrected chi connectivity index (χ3v) is 11.2. The van der Waals surface area contributed by atoms with Crippen LogP contribution >= 0.6 is 0 Å². The fourth-order valence-electron chi connectivity index (χ4n) is 8.28. The minimum Gasteiger partial charge on any atom is -0.453 e. The maximum atomic E-state index is 14.0. The highest BCUT2D eigenvalue weighted by molar-refractivity contribution is 5.95. The number of nitrogens with one attached hydrogen (secondary N) is 4. The van der Waals surface area contributed by atoms with Crippen LogP contribution < -0.4 is 16.1 Å². The number of alkyl carbamates (subject to hydrolysis) is 1. The van der Waals surface area contributed by atoms with E-state index in [4.69, 9.17) is 24.3 Å². The second kappa shape index (κ2) is 17.6. The predicted octanol–water partition coefficient (Wildman–Crippen LogP) is 5.89. The van der Waals surface area contributed by atoms with Crippen LogP contribution in [-0.2, 0) is 23.9 Å². The molecule has 0 spiro atoms. The number of amidine groups is 1. The molecule has 1 aromatic heterocycles. The van der Waals surface area contributed by atoms with E-state index in [1.165, 1.54) is 14.2 Å². The first-order valence-corrected chi connectivity index (χ1v) is 19.7. The van der Waals surface area contributed by atoms with Crippen LogP contribution in [0.3, 0.4) is 0 Å². The maximum absolute atomic E-state index is 14.0. The van der Waals surface area contributed by atoms with Crippen molar-refractivity contribution in [3.8, 4) is 11.1 Å². The third-order valence-electron chi connectivity index (χ3n) is 11.2. The Balaban J connectivity index is 0.931. The van der Waals surface area contributed by atoms with Crippen LogP contribution in [0.15, 0.2) is 108 Å². The number of methoxy groups -OCH3 is 2. The molecule has 8 rings (SSSR count). The number of aliphatic imine (C=N–C) groups is 1. The third kappa shape index (κ3) is 8.17. The second-order valence-corrected chi connectivity index (χ2v) is 14.8. The van der Waals surface area contributed by atoms with Gasteiger partial charge >= 0.3 is 6.09 Å². The summed E-state index contributed by atoms with van der Waals surface area (Å²) in [7, 11) is 2.82. The van der Waals surface area contributed by atoms with Gasteiger partial charge in [0.2, 0.25) is 5.91 Å². The Bertz CT molecular complexity index is 2250. The average molecular weight is 785 g/mol. The molecule has 1 unspecified atom stereocenters. The van der Waals surface area contributed by atoms with Gasteiger partial charge in [0, 0.05) is 20.2 Å². The number of hydroxylamine groups is 1. The minimum atomic E-state index is -0.880. The van der Waals surface area contributed by atoms with Gasteiger partial charge in [0.15, 0.2) is 6.79 Å². The average Bonchev–Trinajstić information content (AvgIpc) is 4.11. The highest BCUT2D eigenvalue weighted by Crippen LogP contribution is 2.35. The number of carbonyl (C=O) groups excluding carboxylic acids is 3. The Morgan fingerprint density at radius 1 is 0.793 bits per heavy atom. The van der Waals surface area contributed by atoms with Crippen molar-refractivity contribution in [3.63, 3.8) is 0 Å². The number of ether oxygens (including phenoxy) is 2. The summed E-state index contributed by atoms with van der Waals surface area (Å²) in [6.45, 7) is 1.80. The molecule has 14 nitrogen and oxygen atoms in total. The van der Waals surface area contributed by atoms with E-state index in [0.29, 0.717) is 25.2 Å². The Labute approximate surface area is 336 Å². The number of hydrogen-bond donors (Lipinski definition) is 4. The van der Waals surface area contributed by atoms with Gasteiger partial charge in [0.05, 0.1) is 42.8 Å². The number of nitrogens with zero attached hydrogens (tertiary/aromatic N) is 4. The molecular formula is C44H48N8O6. The number of rotatable bonds is 13. The molecule has 0 saturated carbocycles. The van der Waals surface area contributed by atoms with Crippen molar-refractivity contribution >= 4 is 34.8 Å². The molecule has 58 heavy (non-hydrogen) atoms. The predicted molar refractivity (Wildman–Crippen MR) is 218 cm³/mol. The quantitative estimate of drug-likeness (QED) is 0.0648. The highest BCUT2D eigenvalue weighted by Gasteiger charge is 2.39. The van der Waals surface area contributed by atoms with Gasteiger partial charge in [-0.05, 0) is 65.6 Å². The van der Waals surface area contributed by atoms with Crippen molar-refractivity contribution in [2.24, 2.45) is 4.99 Å². The number of aromatic amines is 1. The summed E-state index contributed by atoms with van der Waals surface area (Å²) in [6, 6.07) is 31.4. The van der Waals surface area contributed by atoms with Gasteiger partial charge in [-0.3, -0.25) is 19.4 Å². The van der Waals surface area contributed by atoms with E-state index in [2.05, 4.69) is 57.5 Å². The molecule has 2 saturated heterocycles. The standard InChI is InChI=1S/C44H48N8O6/c1-56-27-58-50-39(31-13-7-4-8-14-31)43(54)51-23-9-15-36(51)40-45-26-35(48-40)29-19-17-28(18-20-29)32-21-22-33-34(25-32)47-41(46-33)37-16-10-24-52(37)42(53)38(49-44(55)57-2)30-11-5-3-6-12-30/h3-8,11-14,17-22,25,35-39,50H,9-10,15-16,23-24,26-27H2,1-2H3,(H,45,48)(H,46,47)(H,49,55)/t35?,36-,37-,38+,39+/m0/s1. The summed E-state index contributed by atoms with van der Waals surface area (Å²) in [5.41, 5.74) is 9.31. The van der Waals surface area contributed by atoms with Crippen LogP contribution in [0.1, 0.15) is 72.4 Å². The molecule has 4 aromatic carbocycles. The van der Waals surface area contributed by atoms with Crippen molar-refractivity contribution in [1.82, 2.24) is 35.9 Å². The number of imidazole rings is 1. The van der Waals surface area contributed by atoms with E-state index in [9.17, 15) is 14.4 Å². The Morgan fingerprint density at radius 3 is 2.12 bits per heavy atom. The topological polar surface area (TPSA) is 163 Å². The second-order valence-electron chi connectivity index (χ2n) is 14.8. The van der Waals surface area contributed by atoms with Crippen molar-refractivity contribution in [3.05, 3.63) is 126 Å².